The van der Waals surface area contributed by atoms with Gasteiger partial charge in [-0.3, -0.25) is 0 Å². The summed E-state index contributed by atoms with van der Waals surface area (Å²) >= 11 is 1.82. The van der Waals surface area contributed by atoms with Crippen molar-refractivity contribution in [3.63, 3.8) is 0 Å². The van der Waals surface area contributed by atoms with Crippen molar-refractivity contribution in [3.05, 3.63) is 29.8 Å². The van der Waals surface area contributed by atoms with Gasteiger partial charge in [-0.15, -0.1) is 13.2 Å². The smallest absolute Gasteiger partial charge is 0.405 e. The molecular weight excluding hydrogens is 287 g/mol. The summed E-state index contributed by atoms with van der Waals surface area (Å²) in [7, 11) is 0. The van der Waals surface area contributed by atoms with Crippen molar-refractivity contribution in [2.75, 3.05) is 6.26 Å². The molecule has 1 saturated carbocycles. The zero-order valence-corrected chi connectivity index (χ0v) is 12.1. The highest BCUT2D eigenvalue weighted by Crippen LogP contribution is 2.30. The molecule has 0 aromatic heterocycles. The van der Waals surface area contributed by atoms with Crippen molar-refractivity contribution in [2.24, 2.45) is 0 Å². The zero-order valence-electron chi connectivity index (χ0n) is 11.2. The highest BCUT2D eigenvalue weighted by atomic mass is 32.2. The maximum atomic E-state index is 12.3. The third-order valence-electron chi connectivity index (χ3n) is 3.51. The third kappa shape index (κ3) is 4.31. The monoisotopic (exact) mass is 305 g/mol. The summed E-state index contributed by atoms with van der Waals surface area (Å²) < 4.78 is 41.1. The Hall–Kier alpha value is -0.880. The third-order valence-corrected chi connectivity index (χ3v) is 4.68. The first kappa shape index (κ1) is 15.5. The first-order valence-electron chi connectivity index (χ1n) is 6.59. The molecule has 1 fully saturated rings. The summed E-state index contributed by atoms with van der Waals surface area (Å²) in [6.45, 7) is 0.397. The summed E-state index contributed by atoms with van der Waals surface area (Å²) in [5.41, 5.74) is 0.538. The van der Waals surface area contributed by atoms with E-state index < -0.39 is 6.36 Å². The number of hydrogen-bond acceptors (Lipinski definition) is 3. The van der Waals surface area contributed by atoms with Crippen molar-refractivity contribution in [3.8, 4) is 5.75 Å². The van der Waals surface area contributed by atoms with Crippen LogP contribution in [0.25, 0.3) is 0 Å². The Balaban J connectivity index is 1.99. The number of benzene rings is 1. The number of alkyl halides is 3. The number of ether oxygens (including phenoxy) is 1. The Morgan fingerprint density at radius 1 is 1.30 bits per heavy atom. The average molecular weight is 305 g/mol. The normalized spacial score (nSPS) is 23.0. The number of thioether (sulfide) groups is 1. The number of halogens is 3. The fourth-order valence-electron chi connectivity index (χ4n) is 2.56. The topological polar surface area (TPSA) is 21.3 Å². The number of nitrogens with one attached hydrogen (secondary N) is 1. The van der Waals surface area contributed by atoms with Crippen LogP contribution in [-0.2, 0) is 6.54 Å². The largest absolute Gasteiger partial charge is 0.573 e. The first-order valence-corrected chi connectivity index (χ1v) is 7.88. The minimum absolute atomic E-state index is 0.119. The average Bonchev–Trinajstić information content (AvgIpc) is 2.83. The number of hydrogen-bond donors (Lipinski definition) is 1. The molecule has 2 rings (SSSR count). The van der Waals surface area contributed by atoms with E-state index >= 15 is 0 Å². The van der Waals surface area contributed by atoms with E-state index in [9.17, 15) is 13.2 Å². The van der Waals surface area contributed by atoms with Crippen LogP contribution >= 0.6 is 11.8 Å². The van der Waals surface area contributed by atoms with Gasteiger partial charge < -0.3 is 10.1 Å². The molecule has 112 valence electrons. The summed E-state index contributed by atoms with van der Waals surface area (Å²) in [6, 6.07) is 6.65. The van der Waals surface area contributed by atoms with E-state index in [-0.39, 0.29) is 5.75 Å². The molecule has 0 bridgehead atoms. The van der Waals surface area contributed by atoms with Gasteiger partial charge in [-0.1, -0.05) is 24.6 Å². The van der Waals surface area contributed by atoms with Gasteiger partial charge >= 0.3 is 6.36 Å². The predicted octanol–water partition coefficient (Wildman–Crippen LogP) is 3.96. The highest BCUT2D eigenvalue weighted by Gasteiger charge is 2.32. The molecule has 1 N–H and O–H groups in total. The van der Waals surface area contributed by atoms with Gasteiger partial charge in [0.2, 0.25) is 0 Å². The van der Waals surface area contributed by atoms with Crippen molar-refractivity contribution < 1.29 is 17.9 Å². The molecular formula is C14H18F3NOS. The Kier molecular flexibility index (Phi) is 5.21. The molecule has 2 nitrogen and oxygen atoms in total. The lowest BCUT2D eigenvalue weighted by Crippen LogP contribution is -2.33. The van der Waals surface area contributed by atoms with Gasteiger partial charge in [0, 0.05) is 23.4 Å². The molecule has 20 heavy (non-hydrogen) atoms. The van der Waals surface area contributed by atoms with E-state index in [0.29, 0.717) is 23.4 Å². The second-order valence-corrected chi connectivity index (χ2v) is 5.92. The standard InChI is InChI=1S/C14H18F3NOS/c1-20-13-8-4-6-11(13)18-9-10-5-2-3-7-12(10)19-14(15,16)17/h2-3,5,7,11,13,18H,4,6,8-9H2,1H3. The van der Waals surface area contributed by atoms with Crippen LogP contribution in [0.4, 0.5) is 13.2 Å². The molecule has 0 spiro atoms. The molecule has 0 aliphatic heterocycles. The Bertz CT molecular complexity index is 439. The summed E-state index contributed by atoms with van der Waals surface area (Å²) in [5.74, 6) is -0.119. The Morgan fingerprint density at radius 2 is 2.05 bits per heavy atom. The van der Waals surface area contributed by atoms with Gasteiger partial charge in [-0.25, -0.2) is 0 Å². The van der Waals surface area contributed by atoms with Gasteiger partial charge in [-0.2, -0.15) is 11.8 Å². The van der Waals surface area contributed by atoms with Crippen LogP contribution in [0.15, 0.2) is 24.3 Å². The maximum absolute atomic E-state index is 12.3. The van der Waals surface area contributed by atoms with E-state index in [1.165, 1.54) is 18.9 Å². The number of rotatable bonds is 5. The van der Waals surface area contributed by atoms with E-state index in [1.54, 1.807) is 18.2 Å². The van der Waals surface area contributed by atoms with Crippen LogP contribution in [0.3, 0.4) is 0 Å². The van der Waals surface area contributed by atoms with Gasteiger partial charge in [0.25, 0.3) is 0 Å². The fourth-order valence-corrected chi connectivity index (χ4v) is 3.52. The second kappa shape index (κ2) is 6.72. The minimum Gasteiger partial charge on any atom is -0.405 e. The van der Waals surface area contributed by atoms with Crippen molar-refractivity contribution in [1.82, 2.24) is 5.32 Å². The van der Waals surface area contributed by atoms with Crippen molar-refractivity contribution >= 4 is 11.8 Å². The zero-order chi connectivity index (χ0) is 14.6. The van der Waals surface area contributed by atoms with Crippen LogP contribution in [0.5, 0.6) is 5.75 Å². The lowest BCUT2D eigenvalue weighted by Gasteiger charge is -2.20. The van der Waals surface area contributed by atoms with Crippen LogP contribution in [-0.4, -0.2) is 23.9 Å². The molecule has 0 saturated heterocycles. The molecule has 6 heteroatoms. The van der Waals surface area contributed by atoms with Crippen LogP contribution in [0.1, 0.15) is 24.8 Å². The summed E-state index contributed by atoms with van der Waals surface area (Å²) in [5, 5.41) is 3.90. The molecule has 1 aliphatic carbocycles. The molecule has 2 unspecified atom stereocenters. The van der Waals surface area contributed by atoms with Crippen LogP contribution < -0.4 is 10.1 Å². The molecule has 0 radical (unpaired) electrons. The molecule has 0 heterocycles. The lowest BCUT2D eigenvalue weighted by atomic mass is 10.1. The van der Waals surface area contributed by atoms with Gasteiger partial charge in [-0.05, 0) is 25.2 Å². The molecule has 1 aromatic rings. The van der Waals surface area contributed by atoms with Crippen molar-refractivity contribution in [2.45, 2.75) is 43.5 Å². The van der Waals surface area contributed by atoms with Crippen LogP contribution in [0.2, 0.25) is 0 Å². The highest BCUT2D eigenvalue weighted by molar-refractivity contribution is 7.99. The first-order chi connectivity index (χ1) is 9.49. The Morgan fingerprint density at radius 3 is 2.75 bits per heavy atom. The van der Waals surface area contributed by atoms with Crippen LogP contribution in [0, 0.1) is 0 Å². The minimum atomic E-state index is -4.65. The Labute approximate surface area is 121 Å². The summed E-state index contributed by atoms with van der Waals surface area (Å²) in [4.78, 5) is 0. The van der Waals surface area contributed by atoms with E-state index in [4.69, 9.17) is 0 Å². The molecule has 1 aromatic carbocycles. The SMILES string of the molecule is CSC1CCCC1NCc1ccccc1OC(F)(F)F. The summed E-state index contributed by atoms with van der Waals surface area (Å²) in [6.07, 6.45) is 0.841. The van der Waals surface area contributed by atoms with Gasteiger partial charge in [0.05, 0.1) is 0 Å². The lowest BCUT2D eigenvalue weighted by molar-refractivity contribution is -0.274. The van der Waals surface area contributed by atoms with Gasteiger partial charge in [0.15, 0.2) is 0 Å². The fraction of sp³-hybridized carbons (Fsp3) is 0.571. The van der Waals surface area contributed by atoms with E-state index in [1.807, 2.05) is 11.8 Å². The molecule has 0 amide bonds. The van der Waals surface area contributed by atoms with E-state index in [0.717, 1.165) is 6.42 Å². The van der Waals surface area contributed by atoms with Crippen molar-refractivity contribution in [1.29, 1.82) is 0 Å². The maximum Gasteiger partial charge on any atom is 0.573 e. The quantitative estimate of drug-likeness (QED) is 0.890. The predicted molar refractivity (Wildman–Crippen MR) is 74.9 cm³/mol. The molecule has 2 atom stereocenters. The molecule has 1 aliphatic rings. The number of para-hydroxylation sites is 1. The van der Waals surface area contributed by atoms with E-state index in [2.05, 4.69) is 16.3 Å². The second-order valence-electron chi connectivity index (χ2n) is 4.85. The van der Waals surface area contributed by atoms with Gasteiger partial charge in [0.1, 0.15) is 5.75 Å².